The van der Waals surface area contributed by atoms with Gasteiger partial charge < -0.3 is 15.3 Å². The van der Waals surface area contributed by atoms with Crippen LogP contribution in [0.1, 0.15) is 12.8 Å². The highest BCUT2D eigenvalue weighted by molar-refractivity contribution is 14.1. The molecule has 0 radical (unpaired) electrons. The Labute approximate surface area is 129 Å². The van der Waals surface area contributed by atoms with Crippen LogP contribution in [0.3, 0.4) is 0 Å². The zero-order valence-corrected chi connectivity index (χ0v) is 12.8. The fourth-order valence-electron chi connectivity index (χ4n) is 2.15. The number of hydrogen-bond donors (Lipinski definition) is 2. The molecule has 108 valence electrons. The maximum absolute atomic E-state index is 13.0. The molecule has 2 amide bonds. The highest BCUT2D eigenvalue weighted by atomic mass is 127. The first-order valence-electron chi connectivity index (χ1n) is 6.21. The van der Waals surface area contributed by atoms with Crippen LogP contribution in [0.5, 0.6) is 0 Å². The highest BCUT2D eigenvalue weighted by Gasteiger charge is 2.28. The summed E-state index contributed by atoms with van der Waals surface area (Å²) in [6.07, 6.45) is 1.26. The number of halogens is 2. The molecule has 1 saturated heterocycles. The highest BCUT2D eigenvalue weighted by Crippen LogP contribution is 2.21. The van der Waals surface area contributed by atoms with Crippen LogP contribution in [0.4, 0.5) is 14.9 Å². The van der Waals surface area contributed by atoms with Crippen molar-refractivity contribution in [2.24, 2.45) is 5.92 Å². The minimum absolute atomic E-state index is 0.207. The first kappa shape index (κ1) is 15.0. The van der Waals surface area contributed by atoms with Crippen molar-refractivity contribution in [2.45, 2.75) is 12.8 Å². The number of amides is 2. The summed E-state index contributed by atoms with van der Waals surface area (Å²) in [5, 5.41) is 11.7. The van der Waals surface area contributed by atoms with E-state index < -0.39 is 11.9 Å². The lowest BCUT2D eigenvalue weighted by atomic mass is 9.99. The molecule has 20 heavy (non-hydrogen) atoms. The number of urea groups is 1. The Morgan fingerprint density at radius 1 is 1.45 bits per heavy atom. The van der Waals surface area contributed by atoms with Crippen molar-refractivity contribution >= 4 is 40.3 Å². The molecule has 1 heterocycles. The number of rotatable bonds is 2. The van der Waals surface area contributed by atoms with E-state index in [1.54, 1.807) is 0 Å². The van der Waals surface area contributed by atoms with Gasteiger partial charge in [0.25, 0.3) is 0 Å². The molecule has 1 aromatic carbocycles. The lowest BCUT2D eigenvalue weighted by Crippen LogP contribution is -2.44. The lowest BCUT2D eigenvalue weighted by molar-refractivity contribution is -0.143. The number of likely N-dealkylation sites (tertiary alicyclic amines) is 1. The van der Waals surface area contributed by atoms with E-state index in [0.29, 0.717) is 28.6 Å². The van der Waals surface area contributed by atoms with E-state index in [-0.39, 0.29) is 18.4 Å². The van der Waals surface area contributed by atoms with E-state index >= 15 is 0 Å². The Hall–Kier alpha value is -1.38. The average molecular weight is 392 g/mol. The van der Waals surface area contributed by atoms with Gasteiger partial charge in [-0.1, -0.05) is 0 Å². The summed E-state index contributed by atoms with van der Waals surface area (Å²) in [6.45, 7) is 0.742. The summed E-state index contributed by atoms with van der Waals surface area (Å²) in [5.41, 5.74) is 0.523. The van der Waals surface area contributed by atoms with Crippen molar-refractivity contribution in [3.05, 3.63) is 27.6 Å². The Bertz CT molecular complexity index is 538. The fraction of sp³-hybridized carbons (Fsp3) is 0.385. The maximum atomic E-state index is 13.0. The molecule has 0 bridgehead atoms. The lowest BCUT2D eigenvalue weighted by Gasteiger charge is -2.30. The van der Waals surface area contributed by atoms with Crippen LogP contribution in [-0.4, -0.2) is 35.1 Å². The third-order valence-electron chi connectivity index (χ3n) is 3.23. The van der Waals surface area contributed by atoms with Gasteiger partial charge in [-0.2, -0.15) is 0 Å². The first-order valence-corrected chi connectivity index (χ1v) is 7.29. The van der Waals surface area contributed by atoms with Gasteiger partial charge in [-0.25, -0.2) is 9.18 Å². The van der Waals surface area contributed by atoms with Crippen LogP contribution >= 0.6 is 22.6 Å². The molecule has 1 atom stereocenters. The summed E-state index contributed by atoms with van der Waals surface area (Å²) in [6, 6.07) is 3.74. The molecule has 1 aromatic rings. The number of hydrogen-bond acceptors (Lipinski definition) is 2. The van der Waals surface area contributed by atoms with Gasteiger partial charge in [-0.3, -0.25) is 4.79 Å². The third-order valence-corrected chi connectivity index (χ3v) is 4.12. The average Bonchev–Trinajstić information content (AvgIpc) is 2.42. The van der Waals surface area contributed by atoms with Crippen LogP contribution in [-0.2, 0) is 4.79 Å². The molecule has 0 aliphatic carbocycles. The molecule has 2 N–H and O–H groups in total. The van der Waals surface area contributed by atoms with E-state index in [1.807, 2.05) is 22.6 Å². The van der Waals surface area contributed by atoms with Crippen molar-refractivity contribution in [3.8, 4) is 0 Å². The van der Waals surface area contributed by atoms with Crippen LogP contribution in [0.2, 0.25) is 0 Å². The fourth-order valence-corrected chi connectivity index (χ4v) is 2.76. The number of carbonyl (C=O) groups excluding carboxylic acids is 1. The van der Waals surface area contributed by atoms with Crippen molar-refractivity contribution in [3.63, 3.8) is 0 Å². The topological polar surface area (TPSA) is 69.6 Å². The van der Waals surface area contributed by atoms with Crippen LogP contribution < -0.4 is 5.32 Å². The maximum Gasteiger partial charge on any atom is 0.321 e. The minimum Gasteiger partial charge on any atom is -0.481 e. The molecule has 0 aromatic heterocycles. The summed E-state index contributed by atoms with van der Waals surface area (Å²) in [7, 11) is 0. The number of nitrogens with one attached hydrogen (secondary N) is 1. The van der Waals surface area contributed by atoms with Crippen molar-refractivity contribution in [1.29, 1.82) is 0 Å². The summed E-state index contributed by atoms with van der Waals surface area (Å²) in [5.74, 6) is -1.75. The number of aliphatic carboxylic acids is 1. The molecule has 1 fully saturated rings. The molecule has 5 nitrogen and oxygen atoms in total. The Morgan fingerprint density at radius 3 is 2.85 bits per heavy atom. The third kappa shape index (κ3) is 3.59. The number of nitrogens with zero attached hydrogens (tertiary/aromatic N) is 1. The van der Waals surface area contributed by atoms with Crippen molar-refractivity contribution in [2.75, 3.05) is 18.4 Å². The van der Waals surface area contributed by atoms with E-state index in [9.17, 15) is 14.0 Å². The summed E-state index contributed by atoms with van der Waals surface area (Å²) in [4.78, 5) is 24.6. The van der Waals surface area contributed by atoms with Gasteiger partial charge in [0.2, 0.25) is 0 Å². The van der Waals surface area contributed by atoms with E-state index in [0.717, 1.165) is 0 Å². The molecular weight excluding hydrogens is 378 g/mol. The SMILES string of the molecule is O=C(O)[C@H]1CCCN(C(=O)Nc2ccc(F)cc2I)C1. The van der Waals surface area contributed by atoms with Crippen LogP contribution in [0.25, 0.3) is 0 Å². The summed E-state index contributed by atoms with van der Waals surface area (Å²) >= 11 is 1.94. The Balaban J connectivity index is 2.02. The van der Waals surface area contributed by atoms with E-state index in [4.69, 9.17) is 5.11 Å². The Kier molecular flexibility index (Phi) is 4.79. The number of benzene rings is 1. The van der Waals surface area contributed by atoms with Gasteiger partial charge in [0.05, 0.1) is 11.6 Å². The second kappa shape index (κ2) is 6.38. The predicted molar refractivity (Wildman–Crippen MR) is 80.1 cm³/mol. The van der Waals surface area contributed by atoms with Crippen LogP contribution in [0.15, 0.2) is 18.2 Å². The van der Waals surface area contributed by atoms with Crippen molar-refractivity contribution < 1.29 is 19.1 Å². The van der Waals surface area contributed by atoms with Gasteiger partial charge in [-0.15, -0.1) is 0 Å². The largest absolute Gasteiger partial charge is 0.481 e. The zero-order valence-electron chi connectivity index (χ0n) is 10.6. The number of carboxylic acids is 1. The number of carbonyl (C=O) groups is 2. The van der Waals surface area contributed by atoms with Gasteiger partial charge in [0, 0.05) is 16.7 Å². The van der Waals surface area contributed by atoms with E-state index in [2.05, 4.69) is 5.32 Å². The number of anilines is 1. The van der Waals surface area contributed by atoms with Gasteiger partial charge >= 0.3 is 12.0 Å². The van der Waals surface area contributed by atoms with Gasteiger partial charge in [-0.05, 0) is 53.6 Å². The molecule has 0 unspecified atom stereocenters. The standard InChI is InChI=1S/C13H14FIN2O3/c14-9-3-4-11(10(15)6-9)16-13(20)17-5-1-2-8(7-17)12(18)19/h3-4,6,8H,1-2,5,7H2,(H,16,20)(H,18,19)/t8-/m0/s1. The van der Waals surface area contributed by atoms with Crippen molar-refractivity contribution in [1.82, 2.24) is 4.90 Å². The smallest absolute Gasteiger partial charge is 0.321 e. The molecular formula is C13H14FIN2O3. The zero-order chi connectivity index (χ0) is 14.7. The number of carboxylic acid groups (broad SMARTS) is 1. The van der Waals surface area contributed by atoms with Gasteiger partial charge in [0.15, 0.2) is 0 Å². The predicted octanol–water partition coefficient (Wildman–Crippen LogP) is 2.76. The molecule has 0 saturated carbocycles. The van der Waals surface area contributed by atoms with Crippen LogP contribution in [0, 0.1) is 15.3 Å². The molecule has 0 spiro atoms. The normalized spacial score (nSPS) is 18.7. The number of piperidine rings is 1. The first-order chi connectivity index (χ1) is 9.47. The monoisotopic (exact) mass is 392 g/mol. The van der Waals surface area contributed by atoms with Gasteiger partial charge in [0.1, 0.15) is 5.82 Å². The summed E-state index contributed by atoms with van der Waals surface area (Å²) < 4.78 is 13.6. The molecule has 2 rings (SSSR count). The minimum atomic E-state index is -0.876. The quantitative estimate of drug-likeness (QED) is 0.761. The second-order valence-electron chi connectivity index (χ2n) is 4.68. The van der Waals surface area contributed by atoms with E-state index in [1.165, 1.54) is 23.1 Å². The second-order valence-corrected chi connectivity index (χ2v) is 5.84. The Morgan fingerprint density at radius 2 is 2.20 bits per heavy atom. The molecule has 7 heteroatoms. The molecule has 1 aliphatic heterocycles. The molecule has 1 aliphatic rings.